The second-order valence-corrected chi connectivity index (χ2v) is 4.01. The lowest BCUT2D eigenvalue weighted by Crippen LogP contribution is -2.39. The van der Waals surface area contributed by atoms with E-state index in [4.69, 9.17) is 16.3 Å². The van der Waals surface area contributed by atoms with E-state index in [-0.39, 0.29) is 18.1 Å². The summed E-state index contributed by atoms with van der Waals surface area (Å²) in [5.41, 5.74) is -0.819. The van der Waals surface area contributed by atoms with Gasteiger partial charge in [0.25, 0.3) is 11.6 Å². The number of rotatable bonds is 6. The van der Waals surface area contributed by atoms with Crippen LogP contribution in [0, 0.1) is 15.9 Å². The van der Waals surface area contributed by atoms with Crippen LogP contribution in [-0.2, 0) is 4.74 Å². The average molecular weight is 291 g/mol. The van der Waals surface area contributed by atoms with Crippen molar-refractivity contribution >= 4 is 23.2 Å². The Labute approximate surface area is 113 Å². The van der Waals surface area contributed by atoms with E-state index in [1.165, 1.54) is 7.11 Å². The third-order valence-electron chi connectivity index (χ3n) is 2.29. The summed E-state index contributed by atoms with van der Waals surface area (Å²) in [5, 5.41) is 13.2. The maximum atomic E-state index is 13.1. The van der Waals surface area contributed by atoms with Gasteiger partial charge in [-0.25, -0.2) is 4.39 Å². The number of carbonyl (C=O) groups excluding carboxylic acids is 1. The molecule has 0 fully saturated rings. The molecule has 6 nitrogen and oxygen atoms in total. The predicted molar refractivity (Wildman–Crippen MR) is 66.9 cm³/mol. The van der Waals surface area contributed by atoms with Crippen LogP contribution in [0.4, 0.5) is 10.1 Å². The van der Waals surface area contributed by atoms with E-state index in [0.29, 0.717) is 0 Å². The molecule has 8 heteroatoms. The molecule has 1 amide bonds. The normalized spacial score (nSPS) is 11.9. The number of hydrogen-bond acceptors (Lipinski definition) is 4. The van der Waals surface area contributed by atoms with Crippen LogP contribution in [-0.4, -0.2) is 36.5 Å². The van der Waals surface area contributed by atoms with Crippen molar-refractivity contribution in [3.63, 3.8) is 0 Å². The lowest BCUT2D eigenvalue weighted by molar-refractivity contribution is -0.385. The Morgan fingerprint density at radius 3 is 2.84 bits per heavy atom. The van der Waals surface area contributed by atoms with Gasteiger partial charge in [-0.3, -0.25) is 14.9 Å². The molecule has 1 atom stereocenters. The first-order chi connectivity index (χ1) is 8.99. The van der Waals surface area contributed by atoms with Gasteiger partial charge in [0.1, 0.15) is 11.4 Å². The molecular formula is C11H12ClFN2O4. The molecule has 0 heterocycles. The van der Waals surface area contributed by atoms with E-state index in [1.807, 2.05) is 0 Å². The van der Waals surface area contributed by atoms with E-state index in [2.05, 4.69) is 5.32 Å². The highest BCUT2D eigenvalue weighted by Gasteiger charge is 2.22. The molecule has 0 saturated carbocycles. The number of nitro groups is 1. The molecule has 0 bridgehead atoms. The summed E-state index contributed by atoms with van der Waals surface area (Å²) in [6.07, 6.45) is 0. The summed E-state index contributed by atoms with van der Waals surface area (Å²) in [6.45, 7) is 0.151. The largest absolute Gasteiger partial charge is 0.383 e. The molecule has 1 aromatic rings. The first kappa shape index (κ1) is 15.3. The van der Waals surface area contributed by atoms with Crippen LogP contribution in [0.5, 0.6) is 0 Å². The number of nitrogens with one attached hydrogen (secondary N) is 1. The number of hydrogen-bond donors (Lipinski definition) is 1. The fraction of sp³-hybridized carbons (Fsp3) is 0.364. The maximum absolute atomic E-state index is 13.1. The standard InChI is InChI=1S/C11H12ClFN2O4/c1-19-6-8(5-12)14-11(16)9-4-7(13)2-3-10(9)15(17)18/h2-4,8H,5-6H2,1H3,(H,14,16). The lowest BCUT2D eigenvalue weighted by Gasteiger charge is -2.14. The Kier molecular flexibility index (Phi) is 5.65. The van der Waals surface area contributed by atoms with Crippen molar-refractivity contribution < 1.29 is 18.8 Å². The molecule has 1 aromatic carbocycles. The highest BCUT2D eigenvalue weighted by molar-refractivity contribution is 6.18. The van der Waals surface area contributed by atoms with Crippen molar-refractivity contribution in [3.05, 3.63) is 39.7 Å². The maximum Gasteiger partial charge on any atom is 0.282 e. The number of ether oxygens (including phenoxy) is 1. The number of methoxy groups -OCH3 is 1. The fourth-order valence-corrected chi connectivity index (χ4v) is 1.60. The van der Waals surface area contributed by atoms with Gasteiger partial charge in [0, 0.05) is 19.1 Å². The fourth-order valence-electron chi connectivity index (χ4n) is 1.44. The van der Waals surface area contributed by atoms with Gasteiger partial charge in [0.15, 0.2) is 0 Å². The molecule has 1 rings (SSSR count). The summed E-state index contributed by atoms with van der Waals surface area (Å²) in [4.78, 5) is 21.9. The number of amides is 1. The first-order valence-electron chi connectivity index (χ1n) is 5.29. The van der Waals surface area contributed by atoms with Crippen LogP contribution in [0.25, 0.3) is 0 Å². The predicted octanol–water partition coefficient (Wildman–Crippen LogP) is 1.72. The summed E-state index contributed by atoms with van der Waals surface area (Å²) in [6, 6.07) is 2.16. The number of nitro benzene ring substituents is 1. The first-order valence-corrected chi connectivity index (χ1v) is 5.82. The van der Waals surface area contributed by atoms with Crippen LogP contribution in [0.1, 0.15) is 10.4 Å². The van der Waals surface area contributed by atoms with Crippen LogP contribution < -0.4 is 5.32 Å². The molecule has 0 aliphatic heterocycles. The molecule has 0 aromatic heterocycles. The van der Waals surface area contributed by atoms with Crippen molar-refractivity contribution in [1.29, 1.82) is 0 Å². The summed E-state index contributed by atoms with van der Waals surface area (Å²) in [7, 11) is 1.43. The highest BCUT2D eigenvalue weighted by atomic mass is 35.5. The Morgan fingerprint density at radius 1 is 1.63 bits per heavy atom. The van der Waals surface area contributed by atoms with Gasteiger partial charge in [-0.2, -0.15) is 0 Å². The Morgan fingerprint density at radius 2 is 2.32 bits per heavy atom. The molecule has 104 valence electrons. The van der Waals surface area contributed by atoms with Crippen LogP contribution in [0.2, 0.25) is 0 Å². The van der Waals surface area contributed by atoms with Crippen molar-refractivity contribution in [2.45, 2.75) is 6.04 Å². The Hall–Kier alpha value is -1.73. The quantitative estimate of drug-likeness (QED) is 0.491. The van der Waals surface area contributed by atoms with Gasteiger partial charge < -0.3 is 10.1 Å². The van der Waals surface area contributed by atoms with Gasteiger partial charge in [-0.05, 0) is 12.1 Å². The summed E-state index contributed by atoms with van der Waals surface area (Å²) in [5.74, 6) is -1.43. The zero-order chi connectivity index (χ0) is 14.4. The minimum Gasteiger partial charge on any atom is -0.383 e. The lowest BCUT2D eigenvalue weighted by atomic mass is 10.1. The van der Waals surface area contributed by atoms with Gasteiger partial charge in [0.05, 0.1) is 17.6 Å². The van der Waals surface area contributed by atoms with Crippen LogP contribution >= 0.6 is 11.6 Å². The Bertz CT molecular complexity index is 484. The summed E-state index contributed by atoms with van der Waals surface area (Å²) < 4.78 is 17.9. The van der Waals surface area contributed by atoms with Crippen molar-refractivity contribution in [1.82, 2.24) is 5.32 Å². The second-order valence-electron chi connectivity index (χ2n) is 3.70. The average Bonchev–Trinajstić information content (AvgIpc) is 2.37. The monoisotopic (exact) mass is 290 g/mol. The van der Waals surface area contributed by atoms with Crippen molar-refractivity contribution in [2.75, 3.05) is 19.6 Å². The molecule has 0 radical (unpaired) electrons. The zero-order valence-electron chi connectivity index (χ0n) is 10.1. The molecule has 19 heavy (non-hydrogen) atoms. The van der Waals surface area contributed by atoms with E-state index >= 15 is 0 Å². The second kappa shape index (κ2) is 7.01. The molecule has 1 N–H and O–H groups in total. The number of benzene rings is 1. The van der Waals surface area contributed by atoms with E-state index in [9.17, 15) is 19.3 Å². The number of nitrogens with zero attached hydrogens (tertiary/aromatic N) is 1. The van der Waals surface area contributed by atoms with E-state index in [0.717, 1.165) is 18.2 Å². The molecule has 0 saturated heterocycles. The zero-order valence-corrected chi connectivity index (χ0v) is 10.8. The molecular weight excluding hydrogens is 279 g/mol. The van der Waals surface area contributed by atoms with Gasteiger partial charge in [0.2, 0.25) is 0 Å². The molecule has 1 unspecified atom stereocenters. The van der Waals surface area contributed by atoms with Crippen molar-refractivity contribution in [3.8, 4) is 0 Å². The Balaban J connectivity index is 2.98. The third-order valence-corrected chi connectivity index (χ3v) is 2.66. The third kappa shape index (κ3) is 4.15. The minimum absolute atomic E-state index is 0.0721. The smallest absolute Gasteiger partial charge is 0.282 e. The SMILES string of the molecule is COCC(CCl)NC(=O)c1cc(F)ccc1[N+](=O)[O-]. The highest BCUT2D eigenvalue weighted by Crippen LogP contribution is 2.19. The molecule has 0 aliphatic rings. The number of alkyl halides is 1. The molecule has 0 spiro atoms. The minimum atomic E-state index is -0.770. The van der Waals surface area contributed by atoms with Gasteiger partial charge in [-0.15, -0.1) is 11.6 Å². The van der Waals surface area contributed by atoms with Gasteiger partial charge in [-0.1, -0.05) is 0 Å². The van der Waals surface area contributed by atoms with Crippen LogP contribution in [0.15, 0.2) is 18.2 Å². The number of halogens is 2. The van der Waals surface area contributed by atoms with Crippen LogP contribution in [0.3, 0.4) is 0 Å². The topological polar surface area (TPSA) is 81.5 Å². The summed E-state index contributed by atoms with van der Waals surface area (Å²) >= 11 is 5.61. The van der Waals surface area contributed by atoms with E-state index < -0.39 is 28.4 Å². The number of carbonyl (C=O) groups is 1. The van der Waals surface area contributed by atoms with E-state index in [1.54, 1.807) is 0 Å². The van der Waals surface area contributed by atoms with Crippen molar-refractivity contribution in [2.24, 2.45) is 0 Å². The van der Waals surface area contributed by atoms with Gasteiger partial charge >= 0.3 is 0 Å². The molecule has 0 aliphatic carbocycles.